The van der Waals surface area contributed by atoms with E-state index in [1.165, 1.54) is 6.92 Å². The SMILES string of the molecule is CC(=O)Nc1ccc(Nc2ncc3ccc(-c4cnc5c(c4C)NCCO5)cc3n2)cc1. The van der Waals surface area contributed by atoms with Gasteiger partial charge >= 0.3 is 0 Å². The number of anilines is 4. The van der Waals surface area contributed by atoms with Crippen LogP contribution >= 0.6 is 0 Å². The molecule has 160 valence electrons. The Labute approximate surface area is 185 Å². The van der Waals surface area contributed by atoms with Crippen LogP contribution in [0.4, 0.5) is 23.0 Å². The zero-order valence-corrected chi connectivity index (χ0v) is 17.8. The average molecular weight is 426 g/mol. The third kappa shape index (κ3) is 3.90. The lowest BCUT2D eigenvalue weighted by Crippen LogP contribution is -2.20. The minimum Gasteiger partial charge on any atom is -0.474 e. The van der Waals surface area contributed by atoms with Crippen molar-refractivity contribution in [2.45, 2.75) is 13.8 Å². The molecule has 3 heterocycles. The van der Waals surface area contributed by atoms with Gasteiger partial charge in [-0.05, 0) is 48.4 Å². The Bertz CT molecular complexity index is 1320. The van der Waals surface area contributed by atoms with Crippen LogP contribution in [0.5, 0.6) is 5.88 Å². The summed E-state index contributed by atoms with van der Waals surface area (Å²) >= 11 is 0. The highest BCUT2D eigenvalue weighted by Gasteiger charge is 2.17. The topological polar surface area (TPSA) is 101 Å². The van der Waals surface area contributed by atoms with Gasteiger partial charge in [0.05, 0.1) is 5.52 Å². The lowest BCUT2D eigenvalue weighted by atomic mass is 10.00. The van der Waals surface area contributed by atoms with Crippen molar-refractivity contribution >= 4 is 39.8 Å². The fourth-order valence-electron chi connectivity index (χ4n) is 3.73. The Morgan fingerprint density at radius 3 is 2.69 bits per heavy atom. The molecule has 8 nitrogen and oxygen atoms in total. The van der Waals surface area contributed by atoms with Gasteiger partial charge in [0, 0.05) is 48.2 Å². The highest BCUT2D eigenvalue weighted by molar-refractivity contribution is 5.89. The first kappa shape index (κ1) is 19.7. The van der Waals surface area contributed by atoms with Gasteiger partial charge in [-0.15, -0.1) is 0 Å². The number of aromatic nitrogens is 3. The van der Waals surface area contributed by atoms with Crippen LogP contribution in [-0.2, 0) is 4.79 Å². The minimum absolute atomic E-state index is 0.105. The van der Waals surface area contributed by atoms with Gasteiger partial charge in [0.15, 0.2) is 0 Å². The van der Waals surface area contributed by atoms with Crippen LogP contribution in [0.15, 0.2) is 54.9 Å². The van der Waals surface area contributed by atoms with Gasteiger partial charge in [-0.1, -0.05) is 12.1 Å². The van der Waals surface area contributed by atoms with E-state index >= 15 is 0 Å². The fourth-order valence-corrected chi connectivity index (χ4v) is 3.73. The maximum atomic E-state index is 11.2. The summed E-state index contributed by atoms with van der Waals surface area (Å²) in [5, 5.41) is 10.3. The van der Waals surface area contributed by atoms with Crippen LogP contribution < -0.4 is 20.7 Å². The summed E-state index contributed by atoms with van der Waals surface area (Å²) in [5.74, 6) is 1.04. The monoisotopic (exact) mass is 426 g/mol. The average Bonchev–Trinajstić information content (AvgIpc) is 2.80. The Morgan fingerprint density at radius 2 is 1.88 bits per heavy atom. The molecular weight excluding hydrogens is 404 g/mol. The van der Waals surface area contributed by atoms with Crippen molar-refractivity contribution in [2.24, 2.45) is 0 Å². The van der Waals surface area contributed by atoms with Gasteiger partial charge in [0.1, 0.15) is 12.3 Å². The van der Waals surface area contributed by atoms with E-state index < -0.39 is 0 Å². The Kier molecular flexibility index (Phi) is 5.03. The van der Waals surface area contributed by atoms with Gasteiger partial charge < -0.3 is 20.7 Å². The molecule has 2 aromatic carbocycles. The highest BCUT2D eigenvalue weighted by Crippen LogP contribution is 2.36. The Morgan fingerprint density at radius 1 is 1.06 bits per heavy atom. The van der Waals surface area contributed by atoms with Gasteiger partial charge in [-0.3, -0.25) is 4.79 Å². The number of ether oxygens (including phenoxy) is 1. The van der Waals surface area contributed by atoms with Crippen LogP contribution in [0, 0.1) is 6.92 Å². The molecule has 1 aliphatic rings. The van der Waals surface area contributed by atoms with Crippen LogP contribution in [0.1, 0.15) is 12.5 Å². The van der Waals surface area contributed by atoms with Crippen molar-refractivity contribution in [3.05, 3.63) is 60.4 Å². The van der Waals surface area contributed by atoms with Gasteiger partial charge in [0.2, 0.25) is 17.7 Å². The van der Waals surface area contributed by atoms with E-state index in [1.54, 1.807) is 6.20 Å². The predicted octanol–water partition coefficient (Wildman–Crippen LogP) is 4.51. The lowest BCUT2D eigenvalue weighted by Gasteiger charge is -2.21. The number of nitrogens with one attached hydrogen (secondary N) is 3. The molecule has 5 rings (SSSR count). The first-order valence-electron chi connectivity index (χ1n) is 10.3. The van der Waals surface area contributed by atoms with Crippen LogP contribution in [-0.4, -0.2) is 34.0 Å². The molecule has 0 radical (unpaired) electrons. The quantitative estimate of drug-likeness (QED) is 0.441. The second kappa shape index (κ2) is 8.14. The van der Waals surface area contributed by atoms with Crippen LogP contribution in [0.25, 0.3) is 22.0 Å². The normalized spacial score (nSPS) is 12.4. The molecule has 0 spiro atoms. The summed E-state index contributed by atoms with van der Waals surface area (Å²) in [6.45, 7) is 4.94. The number of benzene rings is 2. The van der Waals surface area contributed by atoms with Crippen molar-refractivity contribution < 1.29 is 9.53 Å². The summed E-state index contributed by atoms with van der Waals surface area (Å²) in [6.07, 6.45) is 3.65. The molecular formula is C24H22N6O2. The molecule has 0 bridgehead atoms. The fraction of sp³-hybridized carbons (Fsp3) is 0.167. The van der Waals surface area contributed by atoms with E-state index in [4.69, 9.17) is 9.72 Å². The highest BCUT2D eigenvalue weighted by atomic mass is 16.5. The zero-order valence-electron chi connectivity index (χ0n) is 17.8. The number of hydrogen-bond donors (Lipinski definition) is 3. The third-order valence-electron chi connectivity index (χ3n) is 5.30. The molecule has 8 heteroatoms. The Balaban J connectivity index is 1.44. The number of fused-ring (bicyclic) bond motifs is 2. The van der Waals surface area contributed by atoms with E-state index in [2.05, 4.69) is 38.9 Å². The molecule has 0 saturated carbocycles. The molecule has 0 aliphatic carbocycles. The summed E-state index contributed by atoms with van der Waals surface area (Å²) in [5.41, 5.74) is 6.50. The molecule has 3 N–H and O–H groups in total. The second-order valence-electron chi connectivity index (χ2n) is 7.60. The summed E-state index contributed by atoms with van der Waals surface area (Å²) in [4.78, 5) is 24.8. The smallest absolute Gasteiger partial charge is 0.237 e. The molecule has 0 unspecified atom stereocenters. The maximum Gasteiger partial charge on any atom is 0.237 e. The van der Waals surface area contributed by atoms with Crippen molar-refractivity contribution in [3.8, 4) is 17.0 Å². The number of amides is 1. The molecule has 32 heavy (non-hydrogen) atoms. The number of nitrogens with zero attached hydrogens (tertiary/aromatic N) is 3. The van der Waals surface area contributed by atoms with Gasteiger partial charge in [0.25, 0.3) is 0 Å². The third-order valence-corrected chi connectivity index (χ3v) is 5.30. The molecule has 0 saturated heterocycles. The van der Waals surface area contributed by atoms with E-state index in [9.17, 15) is 4.79 Å². The van der Waals surface area contributed by atoms with Gasteiger partial charge in [-0.2, -0.15) is 0 Å². The first-order chi connectivity index (χ1) is 15.6. The van der Waals surface area contributed by atoms with E-state index in [0.29, 0.717) is 18.4 Å². The van der Waals surface area contributed by atoms with Crippen molar-refractivity contribution in [3.63, 3.8) is 0 Å². The number of carbonyl (C=O) groups excluding carboxylic acids is 1. The Hall–Kier alpha value is -4.20. The summed E-state index contributed by atoms with van der Waals surface area (Å²) in [7, 11) is 0. The summed E-state index contributed by atoms with van der Waals surface area (Å²) in [6, 6.07) is 13.5. The lowest BCUT2D eigenvalue weighted by molar-refractivity contribution is -0.114. The molecule has 0 fully saturated rings. The molecule has 0 atom stereocenters. The van der Waals surface area contributed by atoms with Crippen molar-refractivity contribution in [2.75, 3.05) is 29.1 Å². The number of pyridine rings is 1. The number of rotatable bonds is 4. The van der Waals surface area contributed by atoms with E-state index in [1.807, 2.05) is 42.6 Å². The standard InChI is InChI=1S/C24H22N6O2/c1-14-20(13-26-23-22(14)25-9-10-32-23)16-3-4-17-12-27-24(30-21(17)11-16)29-19-7-5-18(6-8-19)28-15(2)31/h3-8,11-13,25H,9-10H2,1-2H3,(H,28,31)(H,27,29,30). The predicted molar refractivity (Wildman–Crippen MR) is 126 cm³/mol. The minimum atomic E-state index is -0.105. The number of carbonyl (C=O) groups is 1. The van der Waals surface area contributed by atoms with Gasteiger partial charge in [-0.25, -0.2) is 15.0 Å². The summed E-state index contributed by atoms with van der Waals surface area (Å²) < 4.78 is 5.64. The molecule has 2 aromatic heterocycles. The largest absolute Gasteiger partial charge is 0.474 e. The first-order valence-corrected chi connectivity index (χ1v) is 10.3. The zero-order chi connectivity index (χ0) is 22.1. The molecule has 4 aromatic rings. The van der Waals surface area contributed by atoms with E-state index in [-0.39, 0.29) is 5.91 Å². The van der Waals surface area contributed by atoms with Crippen LogP contribution in [0.3, 0.4) is 0 Å². The maximum absolute atomic E-state index is 11.2. The van der Waals surface area contributed by atoms with E-state index in [0.717, 1.165) is 51.2 Å². The second-order valence-corrected chi connectivity index (χ2v) is 7.60. The van der Waals surface area contributed by atoms with Crippen molar-refractivity contribution in [1.82, 2.24) is 15.0 Å². The van der Waals surface area contributed by atoms with Crippen molar-refractivity contribution in [1.29, 1.82) is 0 Å². The van der Waals surface area contributed by atoms with Crippen LogP contribution in [0.2, 0.25) is 0 Å². The number of hydrogen-bond acceptors (Lipinski definition) is 7. The molecule has 1 aliphatic heterocycles. The molecule has 1 amide bonds.